The summed E-state index contributed by atoms with van der Waals surface area (Å²) < 4.78 is 40.8. The highest BCUT2D eigenvalue weighted by molar-refractivity contribution is 7.89. The molecule has 6 heteroatoms. The second-order valence-corrected chi connectivity index (χ2v) is 6.84. The highest BCUT2D eigenvalue weighted by atomic mass is 32.2. The van der Waals surface area contributed by atoms with Gasteiger partial charge >= 0.3 is 0 Å². The molecular formula is C13H19FN2O2S. The first-order chi connectivity index (χ1) is 8.85. The second-order valence-electron chi connectivity index (χ2n) is 5.16. The van der Waals surface area contributed by atoms with Gasteiger partial charge in [-0.1, -0.05) is 13.3 Å². The minimum atomic E-state index is -3.83. The summed E-state index contributed by atoms with van der Waals surface area (Å²) in [6.45, 7) is 3.56. The van der Waals surface area contributed by atoms with Crippen LogP contribution in [0, 0.1) is 18.7 Å². The van der Waals surface area contributed by atoms with Crippen molar-refractivity contribution in [3.63, 3.8) is 0 Å². The van der Waals surface area contributed by atoms with E-state index in [1.807, 2.05) is 0 Å². The average Bonchev–Trinajstić information content (AvgIpc) is 3.01. The van der Waals surface area contributed by atoms with E-state index in [0.29, 0.717) is 5.92 Å². The Bertz CT molecular complexity index is 587. The number of hydrogen-bond acceptors (Lipinski definition) is 3. The van der Waals surface area contributed by atoms with Crippen LogP contribution in [0.3, 0.4) is 0 Å². The highest BCUT2D eigenvalue weighted by Gasteiger charge is 2.39. The summed E-state index contributed by atoms with van der Waals surface area (Å²) in [7, 11) is -3.83. The molecule has 2 unspecified atom stereocenters. The molecule has 0 spiro atoms. The fourth-order valence-corrected chi connectivity index (χ4v) is 3.81. The Balaban J connectivity index is 2.21. The van der Waals surface area contributed by atoms with E-state index in [0.717, 1.165) is 19.3 Å². The SMILES string of the molecule is CCCC1CC1NS(=O)(=O)c1cc(N)cc(C)c1F. The fraction of sp³-hybridized carbons (Fsp3) is 0.538. The first-order valence-electron chi connectivity index (χ1n) is 6.43. The molecule has 106 valence electrons. The number of nitrogens with one attached hydrogen (secondary N) is 1. The lowest BCUT2D eigenvalue weighted by Gasteiger charge is -2.10. The zero-order valence-electron chi connectivity index (χ0n) is 11.1. The summed E-state index contributed by atoms with van der Waals surface area (Å²) in [5, 5.41) is 0. The largest absolute Gasteiger partial charge is 0.399 e. The van der Waals surface area contributed by atoms with E-state index in [-0.39, 0.29) is 22.2 Å². The van der Waals surface area contributed by atoms with Crippen LogP contribution in [0.4, 0.5) is 10.1 Å². The first kappa shape index (κ1) is 14.3. The van der Waals surface area contributed by atoms with Gasteiger partial charge in [0, 0.05) is 11.7 Å². The van der Waals surface area contributed by atoms with Gasteiger partial charge in [-0.25, -0.2) is 17.5 Å². The van der Waals surface area contributed by atoms with Crippen LogP contribution in [0.25, 0.3) is 0 Å². The molecular weight excluding hydrogens is 267 g/mol. The van der Waals surface area contributed by atoms with E-state index in [2.05, 4.69) is 11.6 Å². The van der Waals surface area contributed by atoms with E-state index in [1.54, 1.807) is 0 Å². The van der Waals surface area contributed by atoms with Gasteiger partial charge in [-0.3, -0.25) is 0 Å². The van der Waals surface area contributed by atoms with Crippen LogP contribution in [0.2, 0.25) is 0 Å². The molecule has 2 atom stereocenters. The number of anilines is 1. The van der Waals surface area contributed by atoms with Gasteiger partial charge in [0.15, 0.2) is 0 Å². The third-order valence-electron chi connectivity index (χ3n) is 3.42. The molecule has 19 heavy (non-hydrogen) atoms. The molecule has 2 rings (SSSR count). The van der Waals surface area contributed by atoms with Crippen molar-refractivity contribution >= 4 is 15.7 Å². The van der Waals surface area contributed by atoms with Crippen molar-refractivity contribution in [2.24, 2.45) is 5.92 Å². The van der Waals surface area contributed by atoms with Crippen LogP contribution in [0.5, 0.6) is 0 Å². The Morgan fingerprint density at radius 2 is 2.16 bits per heavy atom. The molecule has 0 amide bonds. The van der Waals surface area contributed by atoms with Crippen LogP contribution < -0.4 is 10.5 Å². The van der Waals surface area contributed by atoms with Crippen molar-refractivity contribution in [1.82, 2.24) is 4.72 Å². The molecule has 0 heterocycles. The maximum atomic E-state index is 13.9. The van der Waals surface area contributed by atoms with Crippen molar-refractivity contribution in [3.8, 4) is 0 Å². The molecule has 1 aromatic carbocycles. The lowest BCUT2D eigenvalue weighted by atomic mass is 10.2. The van der Waals surface area contributed by atoms with Gasteiger partial charge in [0.05, 0.1) is 0 Å². The van der Waals surface area contributed by atoms with E-state index < -0.39 is 15.8 Å². The summed E-state index contributed by atoms with van der Waals surface area (Å²) in [5.41, 5.74) is 6.08. The van der Waals surface area contributed by atoms with Gasteiger partial charge in [0.1, 0.15) is 10.7 Å². The lowest BCUT2D eigenvalue weighted by molar-refractivity contribution is 0.548. The molecule has 1 fully saturated rings. The maximum absolute atomic E-state index is 13.9. The minimum absolute atomic E-state index is 0.0638. The van der Waals surface area contributed by atoms with Crippen LogP contribution in [0.15, 0.2) is 17.0 Å². The highest BCUT2D eigenvalue weighted by Crippen LogP contribution is 2.36. The molecule has 0 aliphatic heterocycles. The quantitative estimate of drug-likeness (QED) is 0.815. The predicted octanol–water partition coefficient (Wildman–Crippen LogP) is 2.18. The summed E-state index contributed by atoms with van der Waals surface area (Å²) in [4.78, 5) is -0.354. The number of nitrogens with two attached hydrogens (primary N) is 1. The van der Waals surface area contributed by atoms with Gasteiger partial charge in [0.2, 0.25) is 10.0 Å². The summed E-state index contributed by atoms with van der Waals surface area (Å²) in [6.07, 6.45) is 2.84. The number of benzene rings is 1. The maximum Gasteiger partial charge on any atom is 0.243 e. The third-order valence-corrected chi connectivity index (χ3v) is 4.91. The van der Waals surface area contributed by atoms with E-state index in [9.17, 15) is 12.8 Å². The Kier molecular flexibility index (Phi) is 3.82. The molecule has 1 aliphatic rings. The van der Waals surface area contributed by atoms with E-state index in [4.69, 9.17) is 5.73 Å². The van der Waals surface area contributed by atoms with Gasteiger partial charge < -0.3 is 5.73 Å². The summed E-state index contributed by atoms with van der Waals surface area (Å²) in [6, 6.07) is 2.53. The molecule has 4 nitrogen and oxygen atoms in total. The zero-order chi connectivity index (χ0) is 14.2. The second kappa shape index (κ2) is 5.09. The number of sulfonamides is 1. The number of rotatable bonds is 5. The van der Waals surface area contributed by atoms with Crippen LogP contribution >= 0.6 is 0 Å². The molecule has 1 saturated carbocycles. The fourth-order valence-electron chi connectivity index (χ4n) is 2.30. The lowest BCUT2D eigenvalue weighted by Crippen LogP contribution is -2.28. The van der Waals surface area contributed by atoms with Crippen molar-refractivity contribution in [3.05, 3.63) is 23.5 Å². The summed E-state index contributed by atoms with van der Waals surface area (Å²) >= 11 is 0. The molecule has 3 N–H and O–H groups in total. The summed E-state index contributed by atoms with van der Waals surface area (Å²) in [5.74, 6) is -0.348. The Hall–Kier alpha value is -1.14. The molecule has 1 aliphatic carbocycles. The van der Waals surface area contributed by atoms with Crippen molar-refractivity contribution in [2.45, 2.75) is 44.0 Å². The van der Waals surface area contributed by atoms with Gasteiger partial charge in [-0.2, -0.15) is 0 Å². The van der Waals surface area contributed by atoms with Gasteiger partial charge in [-0.05, 0) is 43.4 Å². The van der Waals surface area contributed by atoms with Crippen LogP contribution in [0.1, 0.15) is 31.7 Å². The normalized spacial score (nSPS) is 22.5. The first-order valence-corrected chi connectivity index (χ1v) is 7.91. The molecule has 0 saturated heterocycles. The molecule has 0 aromatic heterocycles. The number of halogens is 1. The minimum Gasteiger partial charge on any atom is -0.399 e. The molecule has 0 bridgehead atoms. The topological polar surface area (TPSA) is 72.2 Å². The Labute approximate surface area is 113 Å². The van der Waals surface area contributed by atoms with Crippen molar-refractivity contribution < 1.29 is 12.8 Å². The number of hydrogen-bond donors (Lipinski definition) is 2. The number of nitrogen functional groups attached to an aromatic ring is 1. The van der Waals surface area contributed by atoms with Crippen molar-refractivity contribution in [1.29, 1.82) is 0 Å². The van der Waals surface area contributed by atoms with E-state index in [1.165, 1.54) is 19.1 Å². The zero-order valence-corrected chi connectivity index (χ0v) is 11.9. The van der Waals surface area contributed by atoms with Gasteiger partial charge in [0.25, 0.3) is 0 Å². The van der Waals surface area contributed by atoms with Crippen LogP contribution in [-0.4, -0.2) is 14.5 Å². The monoisotopic (exact) mass is 286 g/mol. The molecule has 0 radical (unpaired) electrons. The van der Waals surface area contributed by atoms with Crippen LogP contribution in [-0.2, 0) is 10.0 Å². The third kappa shape index (κ3) is 3.06. The van der Waals surface area contributed by atoms with Gasteiger partial charge in [-0.15, -0.1) is 0 Å². The predicted molar refractivity (Wildman–Crippen MR) is 72.7 cm³/mol. The smallest absolute Gasteiger partial charge is 0.243 e. The van der Waals surface area contributed by atoms with E-state index >= 15 is 0 Å². The standard InChI is InChI=1S/C13H19FN2O2S/c1-3-4-9-6-11(9)16-19(17,18)12-7-10(15)5-8(2)13(12)14/h5,7,9,11,16H,3-4,6,15H2,1-2H3. The Morgan fingerprint density at radius 1 is 1.47 bits per heavy atom. The number of aryl methyl sites for hydroxylation is 1. The molecule has 1 aromatic rings. The Morgan fingerprint density at radius 3 is 2.79 bits per heavy atom. The average molecular weight is 286 g/mol. The van der Waals surface area contributed by atoms with Crippen molar-refractivity contribution in [2.75, 3.05) is 5.73 Å².